The summed E-state index contributed by atoms with van der Waals surface area (Å²) in [5.74, 6) is 0.416. The molecular weight excluding hydrogens is 362 g/mol. The van der Waals surface area contributed by atoms with E-state index < -0.39 is 0 Å². The zero-order valence-corrected chi connectivity index (χ0v) is 17.9. The van der Waals surface area contributed by atoms with Crippen LogP contribution in [0.4, 0.5) is 16.2 Å². The first kappa shape index (κ1) is 21.0. The highest BCUT2D eigenvalue weighted by atomic mass is 16.6. The molecule has 1 fully saturated rings. The summed E-state index contributed by atoms with van der Waals surface area (Å²) in [5, 5.41) is 0. The number of carbonyl (C=O) groups is 1. The summed E-state index contributed by atoms with van der Waals surface area (Å²) in [6.45, 7) is 15.1. The first-order valence-electron chi connectivity index (χ1n) is 10.5. The Balaban J connectivity index is 0.000000298. The molecule has 1 aromatic carbocycles. The smallest absolute Gasteiger partial charge is 0.409 e. The van der Waals surface area contributed by atoms with Crippen molar-refractivity contribution in [3.63, 3.8) is 0 Å². The molecule has 5 heteroatoms. The fourth-order valence-corrected chi connectivity index (χ4v) is 4.54. The second-order valence-corrected chi connectivity index (χ2v) is 7.79. The number of likely N-dealkylation sites (tertiary alicyclic amines) is 1. The minimum absolute atomic E-state index is 0.163. The summed E-state index contributed by atoms with van der Waals surface area (Å²) in [5.41, 5.74) is 5.29. The van der Waals surface area contributed by atoms with Crippen molar-refractivity contribution < 1.29 is 9.53 Å². The predicted molar refractivity (Wildman–Crippen MR) is 121 cm³/mol. The first-order valence-corrected chi connectivity index (χ1v) is 10.5. The van der Waals surface area contributed by atoms with E-state index in [1.165, 1.54) is 16.9 Å². The van der Waals surface area contributed by atoms with Crippen LogP contribution in [-0.4, -0.2) is 56.9 Å². The van der Waals surface area contributed by atoms with Crippen LogP contribution in [0.15, 0.2) is 55.2 Å². The van der Waals surface area contributed by atoms with E-state index in [2.05, 4.69) is 48.2 Å². The van der Waals surface area contributed by atoms with Crippen LogP contribution in [0.25, 0.3) is 0 Å². The van der Waals surface area contributed by atoms with E-state index in [9.17, 15) is 4.79 Å². The topological polar surface area (TPSA) is 36.0 Å². The average molecular weight is 396 g/mol. The molecule has 0 saturated carbocycles. The fraction of sp³-hybridized carbons (Fsp3) is 0.458. The maximum atomic E-state index is 12.1. The number of nitrogens with zero attached hydrogens (tertiary/aromatic N) is 3. The summed E-state index contributed by atoms with van der Waals surface area (Å²) < 4.78 is 5.19. The third-order valence-electron chi connectivity index (χ3n) is 6.03. The highest BCUT2D eigenvalue weighted by Gasteiger charge is 2.45. The van der Waals surface area contributed by atoms with Gasteiger partial charge in [0.2, 0.25) is 0 Å². The van der Waals surface area contributed by atoms with Crippen molar-refractivity contribution in [1.82, 2.24) is 4.90 Å². The van der Waals surface area contributed by atoms with Crippen LogP contribution in [0.1, 0.15) is 31.7 Å². The Morgan fingerprint density at radius 3 is 2.72 bits per heavy atom. The Kier molecular flexibility index (Phi) is 6.68. The molecule has 0 aromatic heterocycles. The van der Waals surface area contributed by atoms with Crippen molar-refractivity contribution in [1.29, 1.82) is 0 Å². The number of para-hydroxylation sites is 1. The van der Waals surface area contributed by atoms with Crippen molar-refractivity contribution in [3.8, 4) is 0 Å². The monoisotopic (exact) mass is 395 g/mol. The molecule has 0 N–H and O–H groups in total. The average Bonchev–Trinajstić information content (AvgIpc) is 3.06. The largest absolute Gasteiger partial charge is 0.450 e. The Bertz CT molecular complexity index is 801. The highest BCUT2D eigenvalue weighted by molar-refractivity contribution is 5.81. The maximum absolute atomic E-state index is 12.1. The van der Waals surface area contributed by atoms with Crippen molar-refractivity contribution in [2.45, 2.75) is 32.2 Å². The van der Waals surface area contributed by atoms with E-state index in [0.717, 1.165) is 38.2 Å². The molecule has 1 amide bonds. The molecule has 4 rings (SSSR count). The second kappa shape index (κ2) is 9.21. The van der Waals surface area contributed by atoms with Crippen LogP contribution in [0, 0.1) is 0 Å². The number of piperidine rings is 1. The van der Waals surface area contributed by atoms with Gasteiger partial charge in [0.1, 0.15) is 0 Å². The minimum Gasteiger partial charge on any atom is -0.450 e. The molecule has 1 saturated heterocycles. The van der Waals surface area contributed by atoms with Gasteiger partial charge in [0.05, 0.1) is 18.0 Å². The van der Waals surface area contributed by atoms with Gasteiger partial charge in [-0.3, -0.25) is 0 Å². The molecule has 2 unspecified atom stereocenters. The standard InChI is InChI=1S/C17H23N3O2.C7H10/c1-3-22-17(21)19-8-7-14-13(11-19)12-5-4-6-15-16(12)20(14)10-9-18(15)2;1-4-6-7(3)5-2/h4-6,13-14H,3,7-11H2,1-2H3;4-6H,1-2H2,3H3/b;7-6-. The summed E-state index contributed by atoms with van der Waals surface area (Å²) in [4.78, 5) is 18.9. The molecule has 3 aliphatic rings. The van der Waals surface area contributed by atoms with Crippen LogP contribution < -0.4 is 9.80 Å². The van der Waals surface area contributed by atoms with Crippen molar-refractivity contribution in [3.05, 3.63) is 60.7 Å². The van der Waals surface area contributed by atoms with Gasteiger partial charge in [-0.25, -0.2) is 4.79 Å². The molecule has 0 bridgehead atoms. The van der Waals surface area contributed by atoms with Crippen LogP contribution in [-0.2, 0) is 4.74 Å². The molecule has 1 aromatic rings. The molecule has 2 atom stereocenters. The highest BCUT2D eigenvalue weighted by Crippen LogP contribution is 2.50. The molecule has 5 nitrogen and oxygen atoms in total. The van der Waals surface area contributed by atoms with Gasteiger partial charge in [-0.05, 0) is 31.9 Å². The number of hydrogen-bond acceptors (Lipinski definition) is 4. The zero-order chi connectivity index (χ0) is 21.0. The number of ether oxygens (including phenoxy) is 1. The molecule has 3 heterocycles. The quantitative estimate of drug-likeness (QED) is 0.702. The van der Waals surface area contributed by atoms with Gasteiger partial charge in [0.15, 0.2) is 0 Å². The molecular formula is C24H33N3O2. The third kappa shape index (κ3) is 4.19. The number of carbonyl (C=O) groups excluding carboxylic acids is 1. The van der Waals surface area contributed by atoms with Crippen LogP contribution >= 0.6 is 0 Å². The molecule has 3 aliphatic heterocycles. The SMILES string of the molecule is C=C/C=C(/C)C=C.CCOC(=O)N1CCC2C(C1)c1cccc3c1N2CCN3C. The Hall–Kier alpha value is -2.69. The molecule has 0 aliphatic carbocycles. The van der Waals surface area contributed by atoms with Gasteiger partial charge in [-0.1, -0.05) is 49.1 Å². The number of amides is 1. The Labute approximate surface area is 174 Å². The Morgan fingerprint density at radius 1 is 1.28 bits per heavy atom. The number of hydrogen-bond donors (Lipinski definition) is 0. The van der Waals surface area contributed by atoms with Gasteiger partial charge >= 0.3 is 6.09 Å². The number of allylic oxidation sites excluding steroid dienone is 4. The third-order valence-corrected chi connectivity index (χ3v) is 6.03. The van der Waals surface area contributed by atoms with E-state index in [4.69, 9.17) is 4.74 Å². The normalized spacial score (nSPS) is 22.2. The number of anilines is 2. The summed E-state index contributed by atoms with van der Waals surface area (Å²) in [6.07, 6.45) is 6.32. The molecule has 0 spiro atoms. The van der Waals surface area contributed by atoms with E-state index in [-0.39, 0.29) is 6.09 Å². The van der Waals surface area contributed by atoms with E-state index in [1.807, 2.05) is 24.8 Å². The lowest BCUT2D eigenvalue weighted by molar-refractivity contribution is 0.0934. The lowest BCUT2D eigenvalue weighted by atomic mass is 9.89. The van der Waals surface area contributed by atoms with Crippen LogP contribution in [0.5, 0.6) is 0 Å². The zero-order valence-electron chi connectivity index (χ0n) is 17.9. The van der Waals surface area contributed by atoms with Crippen molar-refractivity contribution >= 4 is 17.5 Å². The molecule has 29 heavy (non-hydrogen) atoms. The van der Waals surface area contributed by atoms with E-state index in [1.54, 1.807) is 12.2 Å². The lowest BCUT2D eigenvalue weighted by Gasteiger charge is -2.41. The molecule has 0 radical (unpaired) electrons. The Morgan fingerprint density at radius 2 is 2.07 bits per heavy atom. The van der Waals surface area contributed by atoms with Crippen molar-refractivity contribution in [2.75, 3.05) is 49.6 Å². The predicted octanol–water partition coefficient (Wildman–Crippen LogP) is 4.58. The van der Waals surface area contributed by atoms with Gasteiger partial charge in [0, 0.05) is 45.2 Å². The fourth-order valence-electron chi connectivity index (χ4n) is 4.54. The van der Waals surface area contributed by atoms with Gasteiger partial charge < -0.3 is 19.4 Å². The van der Waals surface area contributed by atoms with E-state index in [0.29, 0.717) is 18.6 Å². The summed E-state index contributed by atoms with van der Waals surface area (Å²) in [7, 11) is 2.17. The second-order valence-electron chi connectivity index (χ2n) is 7.79. The first-order chi connectivity index (χ1) is 14.0. The summed E-state index contributed by atoms with van der Waals surface area (Å²) in [6, 6.07) is 7.14. The number of benzene rings is 1. The lowest BCUT2D eigenvalue weighted by Crippen LogP contribution is -2.50. The number of likely N-dealkylation sites (N-methyl/N-ethyl adjacent to an activating group) is 1. The number of rotatable bonds is 3. The van der Waals surface area contributed by atoms with Crippen LogP contribution in [0.3, 0.4) is 0 Å². The summed E-state index contributed by atoms with van der Waals surface area (Å²) >= 11 is 0. The van der Waals surface area contributed by atoms with Crippen molar-refractivity contribution in [2.24, 2.45) is 0 Å². The van der Waals surface area contributed by atoms with E-state index >= 15 is 0 Å². The van der Waals surface area contributed by atoms with Gasteiger partial charge in [0.25, 0.3) is 0 Å². The van der Waals surface area contributed by atoms with Gasteiger partial charge in [-0.2, -0.15) is 0 Å². The van der Waals surface area contributed by atoms with Crippen LogP contribution in [0.2, 0.25) is 0 Å². The van der Waals surface area contributed by atoms with Gasteiger partial charge in [-0.15, -0.1) is 0 Å². The number of fused-ring (bicyclic) bond motifs is 3. The molecule has 156 valence electrons. The maximum Gasteiger partial charge on any atom is 0.409 e. The minimum atomic E-state index is -0.163.